The van der Waals surface area contributed by atoms with E-state index in [1.54, 1.807) is 0 Å². The fraction of sp³-hybridized carbons (Fsp3) is 0.667. The number of nitrogens with one attached hydrogen (secondary N) is 1. The first kappa shape index (κ1) is 6.16. The Morgan fingerprint density at radius 2 is 2.30 bits per heavy atom. The van der Waals surface area contributed by atoms with Gasteiger partial charge in [-0.1, -0.05) is 6.42 Å². The fourth-order valence-electron chi connectivity index (χ4n) is 1.12. The molecule has 0 aliphatic heterocycles. The molecule has 10 heavy (non-hydrogen) atoms. The first-order chi connectivity index (χ1) is 4.86. The molecular formula is C6H8ClN3. The van der Waals surface area contributed by atoms with Crippen LogP contribution in [0, 0.1) is 0 Å². The minimum atomic E-state index is 0.335. The van der Waals surface area contributed by atoms with E-state index in [1.807, 2.05) is 0 Å². The van der Waals surface area contributed by atoms with Crippen molar-refractivity contribution in [2.45, 2.75) is 25.2 Å². The number of nitrogens with zero attached hydrogens (tertiary/aromatic N) is 2. The molecule has 3 nitrogen and oxygen atoms in total. The van der Waals surface area contributed by atoms with Gasteiger partial charge >= 0.3 is 0 Å². The van der Waals surface area contributed by atoms with Gasteiger partial charge in [-0.2, -0.15) is 0 Å². The van der Waals surface area contributed by atoms with Crippen molar-refractivity contribution in [1.82, 2.24) is 15.2 Å². The first-order valence-corrected chi connectivity index (χ1v) is 3.82. The van der Waals surface area contributed by atoms with E-state index in [9.17, 15) is 0 Å². The minimum Gasteiger partial charge on any atom is -0.262 e. The molecular weight excluding hydrogens is 150 g/mol. The molecule has 0 saturated heterocycles. The quantitative estimate of drug-likeness (QED) is 0.675. The van der Waals surface area contributed by atoms with Gasteiger partial charge in [-0.25, -0.2) is 4.98 Å². The maximum Gasteiger partial charge on any atom is 0.242 e. The van der Waals surface area contributed by atoms with Crippen molar-refractivity contribution < 1.29 is 0 Å². The smallest absolute Gasteiger partial charge is 0.242 e. The summed E-state index contributed by atoms with van der Waals surface area (Å²) in [4.78, 5) is 4.03. The number of halogens is 1. The van der Waals surface area contributed by atoms with Crippen LogP contribution in [0.5, 0.6) is 0 Å². The van der Waals surface area contributed by atoms with Crippen LogP contribution in [0.1, 0.15) is 31.0 Å². The van der Waals surface area contributed by atoms with Crippen LogP contribution in [-0.2, 0) is 0 Å². The van der Waals surface area contributed by atoms with Gasteiger partial charge in [-0.05, 0) is 24.4 Å². The lowest BCUT2D eigenvalue weighted by Crippen LogP contribution is -2.10. The summed E-state index contributed by atoms with van der Waals surface area (Å²) < 4.78 is 0. The maximum absolute atomic E-state index is 5.53. The molecule has 0 amide bonds. The number of H-pyrrole nitrogens is 1. The van der Waals surface area contributed by atoms with E-state index in [0.717, 1.165) is 5.82 Å². The van der Waals surface area contributed by atoms with Gasteiger partial charge in [0.15, 0.2) is 0 Å². The van der Waals surface area contributed by atoms with Gasteiger partial charge < -0.3 is 0 Å². The number of aromatic nitrogens is 3. The van der Waals surface area contributed by atoms with Crippen LogP contribution >= 0.6 is 11.6 Å². The van der Waals surface area contributed by atoms with Gasteiger partial charge in [0.2, 0.25) is 5.28 Å². The lowest BCUT2D eigenvalue weighted by Gasteiger charge is -2.21. The van der Waals surface area contributed by atoms with E-state index in [2.05, 4.69) is 15.2 Å². The molecule has 1 aliphatic carbocycles. The Kier molecular flexibility index (Phi) is 1.38. The summed E-state index contributed by atoms with van der Waals surface area (Å²) in [5.41, 5.74) is 0. The Morgan fingerprint density at radius 1 is 1.50 bits per heavy atom. The highest BCUT2D eigenvalue weighted by Crippen LogP contribution is 2.34. The number of rotatable bonds is 1. The van der Waals surface area contributed by atoms with Gasteiger partial charge in [0, 0.05) is 5.92 Å². The van der Waals surface area contributed by atoms with Gasteiger partial charge in [0.25, 0.3) is 0 Å². The Bertz CT molecular complexity index is 229. The summed E-state index contributed by atoms with van der Waals surface area (Å²) in [7, 11) is 0. The molecule has 0 spiro atoms. The number of hydrogen-bond acceptors (Lipinski definition) is 2. The lowest BCUT2D eigenvalue weighted by molar-refractivity contribution is 0.402. The van der Waals surface area contributed by atoms with Crippen molar-refractivity contribution in [2.75, 3.05) is 0 Å². The van der Waals surface area contributed by atoms with E-state index < -0.39 is 0 Å². The maximum atomic E-state index is 5.53. The second kappa shape index (κ2) is 2.23. The van der Waals surface area contributed by atoms with Crippen molar-refractivity contribution in [3.63, 3.8) is 0 Å². The summed E-state index contributed by atoms with van der Waals surface area (Å²) in [5.74, 6) is 1.55. The molecule has 0 radical (unpaired) electrons. The average molecular weight is 158 g/mol. The van der Waals surface area contributed by atoms with Crippen LogP contribution in [0.4, 0.5) is 0 Å². The van der Waals surface area contributed by atoms with Crippen LogP contribution in [0.25, 0.3) is 0 Å². The molecule has 1 saturated carbocycles. The summed E-state index contributed by atoms with van der Waals surface area (Å²) in [6.45, 7) is 0. The molecule has 0 bridgehead atoms. The van der Waals surface area contributed by atoms with Crippen LogP contribution in [0.2, 0.25) is 5.28 Å². The van der Waals surface area contributed by atoms with Gasteiger partial charge in [0.1, 0.15) is 5.82 Å². The van der Waals surface area contributed by atoms with E-state index in [0.29, 0.717) is 11.2 Å². The predicted molar refractivity (Wildman–Crippen MR) is 38.0 cm³/mol. The summed E-state index contributed by atoms with van der Waals surface area (Å²) in [6, 6.07) is 0. The van der Waals surface area contributed by atoms with Crippen LogP contribution in [0.15, 0.2) is 0 Å². The molecule has 1 fully saturated rings. The Balaban J connectivity index is 2.17. The van der Waals surface area contributed by atoms with Crippen molar-refractivity contribution >= 4 is 11.6 Å². The number of aromatic amines is 1. The highest BCUT2D eigenvalue weighted by Gasteiger charge is 2.22. The van der Waals surface area contributed by atoms with E-state index in [1.165, 1.54) is 19.3 Å². The van der Waals surface area contributed by atoms with Crippen molar-refractivity contribution in [3.05, 3.63) is 11.1 Å². The molecule has 1 heterocycles. The van der Waals surface area contributed by atoms with Gasteiger partial charge in [-0.15, -0.1) is 5.10 Å². The summed E-state index contributed by atoms with van der Waals surface area (Å²) in [5, 5.41) is 6.90. The minimum absolute atomic E-state index is 0.335. The molecule has 1 aromatic rings. The predicted octanol–water partition coefficient (Wildman–Crippen LogP) is 1.73. The third-order valence-electron chi connectivity index (χ3n) is 1.97. The van der Waals surface area contributed by atoms with Crippen molar-refractivity contribution in [1.29, 1.82) is 0 Å². The molecule has 0 unspecified atom stereocenters. The van der Waals surface area contributed by atoms with E-state index >= 15 is 0 Å². The molecule has 0 aromatic carbocycles. The lowest BCUT2D eigenvalue weighted by atomic mass is 9.85. The zero-order chi connectivity index (χ0) is 6.97. The highest BCUT2D eigenvalue weighted by atomic mass is 35.5. The van der Waals surface area contributed by atoms with Crippen molar-refractivity contribution in [3.8, 4) is 0 Å². The van der Waals surface area contributed by atoms with Crippen LogP contribution in [-0.4, -0.2) is 15.2 Å². The molecule has 0 atom stereocenters. The third-order valence-corrected chi connectivity index (χ3v) is 2.14. The largest absolute Gasteiger partial charge is 0.262 e. The number of hydrogen-bond donors (Lipinski definition) is 1. The first-order valence-electron chi connectivity index (χ1n) is 3.44. The normalized spacial score (nSPS) is 18.9. The standard InChI is InChI=1S/C6H8ClN3/c7-6-8-5(9-10-6)4-2-1-3-4/h4H,1-3H2,(H,8,9,10). The van der Waals surface area contributed by atoms with E-state index in [-0.39, 0.29) is 0 Å². The van der Waals surface area contributed by atoms with Crippen LogP contribution < -0.4 is 0 Å². The molecule has 2 rings (SSSR count). The second-order valence-corrected chi connectivity index (χ2v) is 2.96. The van der Waals surface area contributed by atoms with Crippen molar-refractivity contribution in [2.24, 2.45) is 0 Å². The summed E-state index contributed by atoms with van der Waals surface area (Å²) >= 11 is 5.53. The Morgan fingerprint density at radius 3 is 2.70 bits per heavy atom. The molecule has 1 N–H and O–H groups in total. The second-order valence-electron chi connectivity index (χ2n) is 2.62. The molecule has 1 aliphatic rings. The zero-order valence-corrected chi connectivity index (χ0v) is 6.23. The molecule has 54 valence electrons. The molecule has 1 aromatic heterocycles. The summed E-state index contributed by atoms with van der Waals surface area (Å²) in [6.07, 6.45) is 3.76. The van der Waals surface area contributed by atoms with E-state index in [4.69, 9.17) is 11.6 Å². The Labute approximate surface area is 63.8 Å². The Hall–Kier alpha value is -0.570. The highest BCUT2D eigenvalue weighted by molar-refractivity contribution is 6.28. The average Bonchev–Trinajstić information content (AvgIpc) is 2.10. The third kappa shape index (κ3) is 0.904. The SMILES string of the molecule is Clc1n[nH]c(C2CCC2)n1. The van der Waals surface area contributed by atoms with Crippen LogP contribution in [0.3, 0.4) is 0 Å². The van der Waals surface area contributed by atoms with Gasteiger partial charge in [0.05, 0.1) is 0 Å². The molecule has 4 heteroatoms. The monoisotopic (exact) mass is 157 g/mol. The fourth-order valence-corrected chi connectivity index (χ4v) is 1.25. The van der Waals surface area contributed by atoms with Gasteiger partial charge in [-0.3, -0.25) is 5.10 Å². The zero-order valence-electron chi connectivity index (χ0n) is 5.47. The topological polar surface area (TPSA) is 41.6 Å².